The molecule has 2 aromatic carbocycles. The van der Waals surface area contributed by atoms with Gasteiger partial charge in [-0.3, -0.25) is 0 Å². The number of hydrogen-bond donors (Lipinski definition) is 2. The molecular weight excluding hydrogens is 390 g/mol. The van der Waals surface area contributed by atoms with Gasteiger partial charge in [0.25, 0.3) is 0 Å². The van der Waals surface area contributed by atoms with Crippen molar-refractivity contribution < 1.29 is 9.90 Å². The van der Waals surface area contributed by atoms with Gasteiger partial charge < -0.3 is 10.4 Å². The maximum atomic E-state index is 11.7. The first-order valence-corrected chi connectivity index (χ1v) is 8.97. The minimum Gasteiger partial charge on any atom is -0.478 e. The maximum absolute atomic E-state index is 11.7. The fourth-order valence-corrected chi connectivity index (χ4v) is 4.43. The van der Waals surface area contributed by atoms with Crippen LogP contribution in [0.2, 0.25) is 5.02 Å². The molecule has 0 fully saturated rings. The van der Waals surface area contributed by atoms with Crippen molar-refractivity contribution in [3.63, 3.8) is 0 Å². The maximum Gasteiger partial charge on any atom is 0.337 e. The first-order valence-electron chi connectivity index (χ1n) is 7.80. The summed E-state index contributed by atoms with van der Waals surface area (Å²) in [5.41, 5.74) is 3.20. The summed E-state index contributed by atoms with van der Waals surface area (Å²) >= 11 is 9.46. The molecule has 0 aromatic heterocycles. The lowest BCUT2D eigenvalue weighted by molar-refractivity contribution is 0.0697. The number of aromatic carboxylic acids is 1. The molecule has 0 amide bonds. The third kappa shape index (κ3) is 2.54. The van der Waals surface area contributed by atoms with Crippen LogP contribution in [-0.2, 0) is 0 Å². The molecule has 2 N–H and O–H groups in total. The highest BCUT2D eigenvalue weighted by atomic mass is 79.9. The van der Waals surface area contributed by atoms with E-state index in [2.05, 4.69) is 33.4 Å². The van der Waals surface area contributed by atoms with E-state index in [-0.39, 0.29) is 12.0 Å². The second-order valence-corrected chi connectivity index (χ2v) is 7.60. The Balaban J connectivity index is 1.86. The lowest BCUT2D eigenvalue weighted by Crippen LogP contribution is -2.30. The summed E-state index contributed by atoms with van der Waals surface area (Å²) in [5.74, 6) is -0.331. The number of anilines is 1. The molecule has 3 atom stereocenters. The molecule has 2 aliphatic rings. The highest BCUT2D eigenvalue weighted by Gasteiger charge is 2.39. The fourth-order valence-electron chi connectivity index (χ4n) is 3.83. The number of carbonyl (C=O) groups is 1. The quantitative estimate of drug-likeness (QED) is 0.638. The zero-order chi connectivity index (χ0) is 16.8. The van der Waals surface area contributed by atoms with E-state index < -0.39 is 5.97 Å². The molecule has 1 heterocycles. The molecule has 0 spiro atoms. The van der Waals surface area contributed by atoms with Crippen LogP contribution >= 0.6 is 27.5 Å². The van der Waals surface area contributed by atoms with E-state index in [0.717, 1.165) is 27.7 Å². The Bertz CT molecular complexity index is 847. The van der Waals surface area contributed by atoms with Crippen molar-refractivity contribution in [2.75, 3.05) is 5.32 Å². The topological polar surface area (TPSA) is 49.3 Å². The first kappa shape index (κ1) is 15.7. The summed E-state index contributed by atoms with van der Waals surface area (Å²) in [6.07, 6.45) is 5.36. The molecule has 3 nitrogen and oxygen atoms in total. The summed E-state index contributed by atoms with van der Waals surface area (Å²) in [4.78, 5) is 11.7. The number of allylic oxidation sites excluding steroid dienone is 2. The van der Waals surface area contributed by atoms with Crippen LogP contribution in [0.4, 0.5) is 5.69 Å². The van der Waals surface area contributed by atoms with Gasteiger partial charge in [-0.25, -0.2) is 4.79 Å². The molecule has 0 saturated carbocycles. The van der Waals surface area contributed by atoms with Gasteiger partial charge in [0, 0.05) is 15.4 Å². The molecule has 24 heavy (non-hydrogen) atoms. The standard InChI is InChI=1S/C19H15BrClNO2/c20-11-8-15-13-2-1-3-14(13)17(10-4-6-12(21)7-5-10)22-18(15)16(9-11)19(23)24/h1-2,4-9,13-14,17,22H,3H2,(H,23,24)/t13-,14-,17+/m0/s1. The number of carboxylic acids is 1. The van der Waals surface area contributed by atoms with Gasteiger partial charge in [-0.2, -0.15) is 0 Å². The number of carboxylic acid groups (broad SMARTS) is 1. The zero-order valence-electron chi connectivity index (χ0n) is 12.7. The zero-order valence-corrected chi connectivity index (χ0v) is 15.0. The number of benzene rings is 2. The van der Waals surface area contributed by atoms with E-state index in [1.54, 1.807) is 6.07 Å². The van der Waals surface area contributed by atoms with Gasteiger partial charge >= 0.3 is 5.97 Å². The van der Waals surface area contributed by atoms with Gasteiger partial charge in [0.1, 0.15) is 0 Å². The number of halogens is 2. The molecule has 4 rings (SSSR count). The predicted molar refractivity (Wildman–Crippen MR) is 98.9 cm³/mol. The van der Waals surface area contributed by atoms with E-state index in [4.69, 9.17) is 11.6 Å². The van der Waals surface area contributed by atoms with Crippen LogP contribution in [0, 0.1) is 5.92 Å². The number of nitrogens with one attached hydrogen (secondary N) is 1. The Morgan fingerprint density at radius 2 is 2.00 bits per heavy atom. The lowest BCUT2D eigenvalue weighted by atomic mass is 9.76. The molecule has 0 bridgehead atoms. The van der Waals surface area contributed by atoms with E-state index in [1.807, 2.05) is 30.3 Å². The summed E-state index contributed by atoms with van der Waals surface area (Å²) < 4.78 is 0.796. The molecule has 122 valence electrons. The normalized spacial score (nSPS) is 24.2. The Morgan fingerprint density at radius 1 is 1.25 bits per heavy atom. The third-order valence-electron chi connectivity index (χ3n) is 4.89. The molecule has 0 unspecified atom stereocenters. The monoisotopic (exact) mass is 403 g/mol. The molecule has 1 aliphatic carbocycles. The Labute approximate surface area is 153 Å². The fraction of sp³-hybridized carbons (Fsp3) is 0.211. The molecule has 5 heteroatoms. The Morgan fingerprint density at radius 3 is 2.71 bits per heavy atom. The van der Waals surface area contributed by atoms with Crippen molar-refractivity contribution >= 4 is 39.2 Å². The van der Waals surface area contributed by atoms with Crippen LogP contribution in [0.5, 0.6) is 0 Å². The molecule has 1 aliphatic heterocycles. The predicted octanol–water partition coefficient (Wildman–Crippen LogP) is 5.63. The highest BCUT2D eigenvalue weighted by Crippen LogP contribution is 2.51. The summed E-state index contributed by atoms with van der Waals surface area (Å²) in [6, 6.07) is 11.5. The van der Waals surface area contributed by atoms with Gasteiger partial charge in [-0.15, -0.1) is 0 Å². The van der Waals surface area contributed by atoms with Crippen LogP contribution in [-0.4, -0.2) is 11.1 Å². The van der Waals surface area contributed by atoms with Gasteiger partial charge in [-0.1, -0.05) is 51.8 Å². The summed E-state index contributed by atoms with van der Waals surface area (Å²) in [7, 11) is 0. The van der Waals surface area contributed by atoms with Gasteiger partial charge in [0.2, 0.25) is 0 Å². The van der Waals surface area contributed by atoms with Crippen molar-refractivity contribution in [2.45, 2.75) is 18.4 Å². The van der Waals surface area contributed by atoms with Crippen LogP contribution in [0.1, 0.15) is 39.9 Å². The molecular formula is C19H15BrClNO2. The van der Waals surface area contributed by atoms with Crippen molar-refractivity contribution in [3.05, 3.63) is 74.7 Å². The van der Waals surface area contributed by atoms with Crippen LogP contribution in [0.3, 0.4) is 0 Å². The van der Waals surface area contributed by atoms with Gasteiger partial charge in [0.05, 0.1) is 17.3 Å². The lowest BCUT2D eigenvalue weighted by Gasteiger charge is -2.38. The SMILES string of the molecule is O=C(O)c1cc(Br)cc2c1N[C@H](c1ccc(Cl)cc1)[C@H]1CC=C[C@H]21. The van der Waals surface area contributed by atoms with E-state index in [1.165, 1.54) is 0 Å². The van der Waals surface area contributed by atoms with Gasteiger partial charge in [0.15, 0.2) is 0 Å². The smallest absolute Gasteiger partial charge is 0.337 e. The number of hydrogen-bond acceptors (Lipinski definition) is 2. The molecule has 0 saturated heterocycles. The largest absolute Gasteiger partial charge is 0.478 e. The minimum absolute atomic E-state index is 0.0639. The summed E-state index contributed by atoms with van der Waals surface area (Å²) in [5, 5.41) is 13.8. The number of fused-ring (bicyclic) bond motifs is 3. The van der Waals surface area contributed by atoms with E-state index in [0.29, 0.717) is 16.5 Å². The van der Waals surface area contributed by atoms with Gasteiger partial charge in [-0.05, 0) is 47.7 Å². The number of rotatable bonds is 2. The third-order valence-corrected chi connectivity index (χ3v) is 5.60. The van der Waals surface area contributed by atoms with Crippen LogP contribution in [0.15, 0.2) is 53.0 Å². The van der Waals surface area contributed by atoms with Crippen molar-refractivity contribution in [1.82, 2.24) is 0 Å². The Kier molecular flexibility index (Phi) is 3.89. The van der Waals surface area contributed by atoms with Crippen LogP contribution < -0.4 is 5.32 Å². The average molecular weight is 405 g/mol. The van der Waals surface area contributed by atoms with Crippen molar-refractivity contribution in [2.24, 2.45) is 5.92 Å². The van der Waals surface area contributed by atoms with Crippen LogP contribution in [0.25, 0.3) is 0 Å². The Hall–Kier alpha value is -1.78. The molecule has 2 aromatic rings. The van der Waals surface area contributed by atoms with Crippen molar-refractivity contribution in [3.8, 4) is 0 Å². The first-order chi connectivity index (χ1) is 11.5. The average Bonchev–Trinajstić information content (AvgIpc) is 3.04. The second kappa shape index (κ2) is 5.94. The van der Waals surface area contributed by atoms with Crippen molar-refractivity contribution in [1.29, 1.82) is 0 Å². The second-order valence-electron chi connectivity index (χ2n) is 6.25. The minimum atomic E-state index is -0.921. The van der Waals surface area contributed by atoms with E-state index >= 15 is 0 Å². The van der Waals surface area contributed by atoms with E-state index in [9.17, 15) is 9.90 Å². The summed E-state index contributed by atoms with van der Waals surface area (Å²) in [6.45, 7) is 0. The molecule has 0 radical (unpaired) electrons. The highest BCUT2D eigenvalue weighted by molar-refractivity contribution is 9.10.